The van der Waals surface area contributed by atoms with Crippen molar-refractivity contribution < 1.29 is 4.74 Å². The van der Waals surface area contributed by atoms with Gasteiger partial charge in [-0.25, -0.2) is 4.98 Å². The molecule has 0 bridgehead atoms. The van der Waals surface area contributed by atoms with Crippen LogP contribution in [0.2, 0.25) is 0 Å². The van der Waals surface area contributed by atoms with Gasteiger partial charge in [0.15, 0.2) is 0 Å². The van der Waals surface area contributed by atoms with Crippen LogP contribution in [-0.4, -0.2) is 16.5 Å². The number of para-hydroxylation sites is 1. The van der Waals surface area contributed by atoms with Gasteiger partial charge in [-0.1, -0.05) is 18.2 Å². The lowest BCUT2D eigenvalue weighted by Crippen LogP contribution is -1.94. The fourth-order valence-electron chi connectivity index (χ4n) is 2.85. The molecule has 4 aromatic rings. The summed E-state index contributed by atoms with van der Waals surface area (Å²) >= 11 is 0. The molecule has 0 saturated heterocycles. The first-order chi connectivity index (χ1) is 9.78. The third-order valence-corrected chi connectivity index (χ3v) is 3.81. The summed E-state index contributed by atoms with van der Waals surface area (Å²) in [7, 11) is 1.69. The van der Waals surface area contributed by atoms with E-state index in [2.05, 4.69) is 47.7 Å². The van der Waals surface area contributed by atoms with Gasteiger partial charge in [0.05, 0.1) is 18.1 Å². The minimum atomic E-state index is 0.870. The van der Waals surface area contributed by atoms with Crippen molar-refractivity contribution in [2.45, 2.75) is 6.92 Å². The van der Waals surface area contributed by atoms with Gasteiger partial charge < -0.3 is 4.74 Å². The molecule has 20 heavy (non-hydrogen) atoms. The highest BCUT2D eigenvalue weighted by molar-refractivity contribution is 5.94. The van der Waals surface area contributed by atoms with E-state index < -0.39 is 0 Å². The molecule has 0 aliphatic rings. The molecule has 2 aromatic heterocycles. The Labute approximate surface area is 116 Å². The molecule has 0 fully saturated rings. The number of methoxy groups -OCH3 is 1. The predicted molar refractivity (Wildman–Crippen MR) is 81.5 cm³/mol. The highest BCUT2D eigenvalue weighted by Gasteiger charge is 2.09. The van der Waals surface area contributed by atoms with Crippen molar-refractivity contribution in [3.8, 4) is 5.75 Å². The first kappa shape index (κ1) is 11.3. The number of ether oxygens (including phenoxy) is 1. The Balaban J connectivity index is 2.25. The third kappa shape index (κ3) is 1.43. The SMILES string of the molecule is COc1ccc2c(c1)cc1nc(C)c3ccccc3n12. The van der Waals surface area contributed by atoms with Crippen molar-refractivity contribution in [2.24, 2.45) is 0 Å². The number of hydrogen-bond acceptors (Lipinski definition) is 2. The molecule has 3 nitrogen and oxygen atoms in total. The number of hydrogen-bond donors (Lipinski definition) is 0. The minimum absolute atomic E-state index is 0.870. The van der Waals surface area contributed by atoms with E-state index in [1.54, 1.807) is 7.11 Å². The molecule has 0 N–H and O–H groups in total. The first-order valence-corrected chi connectivity index (χ1v) is 6.62. The van der Waals surface area contributed by atoms with Gasteiger partial charge in [-0.05, 0) is 37.3 Å². The van der Waals surface area contributed by atoms with E-state index in [1.165, 1.54) is 10.9 Å². The normalized spacial score (nSPS) is 11.5. The largest absolute Gasteiger partial charge is 0.497 e. The predicted octanol–water partition coefficient (Wildman–Crippen LogP) is 3.96. The molecule has 2 aromatic carbocycles. The highest BCUT2D eigenvalue weighted by atomic mass is 16.5. The summed E-state index contributed by atoms with van der Waals surface area (Å²) in [6.07, 6.45) is 0. The lowest BCUT2D eigenvalue weighted by Gasteiger charge is -2.06. The van der Waals surface area contributed by atoms with Crippen molar-refractivity contribution in [1.82, 2.24) is 9.38 Å². The van der Waals surface area contributed by atoms with Crippen LogP contribution >= 0.6 is 0 Å². The van der Waals surface area contributed by atoms with Crippen LogP contribution in [0.25, 0.3) is 27.5 Å². The summed E-state index contributed by atoms with van der Waals surface area (Å²) in [5, 5.41) is 2.33. The van der Waals surface area contributed by atoms with Crippen molar-refractivity contribution in [1.29, 1.82) is 0 Å². The summed E-state index contributed by atoms with van der Waals surface area (Å²) < 4.78 is 7.51. The molecule has 0 unspecified atom stereocenters. The second-order valence-electron chi connectivity index (χ2n) is 4.98. The van der Waals surface area contributed by atoms with Gasteiger partial charge in [0.1, 0.15) is 11.4 Å². The van der Waals surface area contributed by atoms with Gasteiger partial charge in [-0.3, -0.25) is 4.40 Å². The lowest BCUT2D eigenvalue weighted by molar-refractivity contribution is 0.415. The zero-order valence-corrected chi connectivity index (χ0v) is 11.4. The number of aromatic nitrogens is 2. The standard InChI is InChI=1S/C17H14N2O/c1-11-14-5-3-4-6-16(14)19-15-8-7-13(20-2)9-12(15)10-17(19)18-11/h3-10H,1-2H3. The fourth-order valence-corrected chi connectivity index (χ4v) is 2.85. The van der Waals surface area contributed by atoms with Gasteiger partial charge in [-0.2, -0.15) is 0 Å². The van der Waals surface area contributed by atoms with Crippen LogP contribution < -0.4 is 4.74 Å². The van der Waals surface area contributed by atoms with Crippen LogP contribution in [0, 0.1) is 6.92 Å². The van der Waals surface area contributed by atoms with E-state index in [4.69, 9.17) is 9.72 Å². The number of benzene rings is 2. The number of rotatable bonds is 1. The van der Waals surface area contributed by atoms with Crippen LogP contribution in [0.15, 0.2) is 48.5 Å². The first-order valence-electron chi connectivity index (χ1n) is 6.62. The van der Waals surface area contributed by atoms with Gasteiger partial charge in [0.2, 0.25) is 0 Å². The van der Waals surface area contributed by atoms with E-state index in [1.807, 2.05) is 12.1 Å². The second kappa shape index (κ2) is 3.97. The molecular weight excluding hydrogens is 248 g/mol. The van der Waals surface area contributed by atoms with Crippen LogP contribution in [0.3, 0.4) is 0 Å². The van der Waals surface area contributed by atoms with Crippen LogP contribution in [0.5, 0.6) is 5.75 Å². The molecule has 0 spiro atoms. The van der Waals surface area contributed by atoms with Crippen LogP contribution in [0.1, 0.15) is 5.69 Å². The Bertz CT molecular complexity index is 953. The topological polar surface area (TPSA) is 26.5 Å². The maximum absolute atomic E-state index is 5.30. The fraction of sp³-hybridized carbons (Fsp3) is 0.118. The zero-order valence-electron chi connectivity index (χ0n) is 11.4. The van der Waals surface area contributed by atoms with Crippen molar-refractivity contribution in [3.05, 3.63) is 54.2 Å². The van der Waals surface area contributed by atoms with E-state index >= 15 is 0 Å². The summed E-state index contributed by atoms with van der Waals surface area (Å²) in [6.45, 7) is 2.06. The quantitative estimate of drug-likeness (QED) is 0.519. The Morgan fingerprint density at radius 1 is 1.00 bits per heavy atom. The highest BCUT2D eigenvalue weighted by Crippen LogP contribution is 2.28. The van der Waals surface area contributed by atoms with Crippen LogP contribution in [-0.2, 0) is 0 Å². The summed E-state index contributed by atoms with van der Waals surface area (Å²) in [4.78, 5) is 4.72. The average Bonchev–Trinajstić information content (AvgIpc) is 2.84. The Hall–Kier alpha value is -2.55. The Morgan fingerprint density at radius 2 is 1.85 bits per heavy atom. The summed E-state index contributed by atoms with van der Waals surface area (Å²) in [6, 6.07) is 16.6. The minimum Gasteiger partial charge on any atom is -0.497 e. The smallest absolute Gasteiger partial charge is 0.138 e. The van der Waals surface area contributed by atoms with Gasteiger partial charge in [0, 0.05) is 16.5 Å². The second-order valence-corrected chi connectivity index (χ2v) is 4.98. The molecule has 3 heteroatoms. The van der Waals surface area contributed by atoms with Crippen molar-refractivity contribution >= 4 is 27.5 Å². The maximum Gasteiger partial charge on any atom is 0.138 e. The third-order valence-electron chi connectivity index (χ3n) is 3.81. The summed E-state index contributed by atoms with van der Waals surface area (Å²) in [5.41, 5.74) is 4.38. The molecule has 0 amide bonds. The molecule has 0 aliphatic heterocycles. The summed E-state index contributed by atoms with van der Waals surface area (Å²) in [5.74, 6) is 0.870. The van der Waals surface area contributed by atoms with E-state index in [-0.39, 0.29) is 0 Å². The molecule has 0 radical (unpaired) electrons. The lowest BCUT2D eigenvalue weighted by atomic mass is 10.2. The van der Waals surface area contributed by atoms with E-state index in [9.17, 15) is 0 Å². The average molecular weight is 262 g/mol. The maximum atomic E-state index is 5.30. The molecule has 0 atom stereocenters. The van der Waals surface area contributed by atoms with Gasteiger partial charge >= 0.3 is 0 Å². The number of aryl methyl sites for hydroxylation is 1. The number of fused-ring (bicyclic) bond motifs is 5. The zero-order chi connectivity index (χ0) is 13.7. The van der Waals surface area contributed by atoms with E-state index in [0.29, 0.717) is 0 Å². The Morgan fingerprint density at radius 3 is 2.70 bits per heavy atom. The van der Waals surface area contributed by atoms with Gasteiger partial charge in [-0.15, -0.1) is 0 Å². The molecule has 4 rings (SSSR count). The van der Waals surface area contributed by atoms with Gasteiger partial charge in [0.25, 0.3) is 0 Å². The molecule has 98 valence electrons. The monoisotopic (exact) mass is 262 g/mol. The van der Waals surface area contributed by atoms with Crippen LogP contribution in [0.4, 0.5) is 0 Å². The molecule has 2 heterocycles. The Kier molecular flexibility index (Phi) is 2.24. The van der Waals surface area contributed by atoms with E-state index in [0.717, 1.165) is 28.0 Å². The molecule has 0 saturated carbocycles. The molecular formula is C17H14N2O. The van der Waals surface area contributed by atoms with Crippen molar-refractivity contribution in [2.75, 3.05) is 7.11 Å². The number of nitrogens with zero attached hydrogens (tertiary/aromatic N) is 2. The van der Waals surface area contributed by atoms with Crippen molar-refractivity contribution in [3.63, 3.8) is 0 Å². The molecule has 0 aliphatic carbocycles.